The Morgan fingerprint density at radius 1 is 1.09 bits per heavy atom. The molecule has 13 heteroatoms. The smallest absolute Gasteiger partial charge is 0.272 e. The van der Waals surface area contributed by atoms with Gasteiger partial charge in [0.05, 0.1) is 27.3 Å². The lowest BCUT2D eigenvalue weighted by Gasteiger charge is -2.28. The number of benzene rings is 2. The number of aromatic nitrogens is 2. The Hall–Kier alpha value is -3.54. The molecule has 2 aromatic carbocycles. The van der Waals surface area contributed by atoms with Crippen molar-refractivity contribution in [2.75, 3.05) is 11.9 Å². The molecule has 3 aromatic rings. The monoisotopic (exact) mass is 625 g/mol. The summed E-state index contributed by atoms with van der Waals surface area (Å²) in [6.45, 7) is 4.84. The molecule has 0 atom stereocenters. The summed E-state index contributed by atoms with van der Waals surface area (Å²) in [5.41, 5.74) is 1.70. The van der Waals surface area contributed by atoms with Gasteiger partial charge in [0, 0.05) is 37.0 Å². The third-order valence-corrected chi connectivity index (χ3v) is 7.80. The number of carbonyl (C=O) groups is 2. The number of hydrogen-bond acceptors (Lipinski definition) is 5. The van der Waals surface area contributed by atoms with Crippen LogP contribution in [0.3, 0.4) is 0 Å². The Morgan fingerprint density at radius 2 is 1.79 bits per heavy atom. The first kappa shape index (κ1) is 32.4. The highest BCUT2D eigenvalue weighted by molar-refractivity contribution is 6.33. The van der Waals surface area contributed by atoms with Crippen molar-refractivity contribution in [1.29, 1.82) is 0 Å². The molecule has 1 fully saturated rings. The number of ether oxygens (including phenoxy) is 1. The number of nitrogens with one attached hydrogen (secondary N) is 3. The van der Waals surface area contributed by atoms with Gasteiger partial charge in [-0.25, -0.2) is 22.5 Å². The number of fused-ring (bicyclic) bond motifs is 1. The summed E-state index contributed by atoms with van der Waals surface area (Å²) in [6.07, 6.45) is -3.78. The summed E-state index contributed by atoms with van der Waals surface area (Å²) in [7, 11) is 1.71. The Balaban J connectivity index is 1.58. The molecule has 8 nitrogen and oxygen atoms in total. The van der Waals surface area contributed by atoms with E-state index in [4.69, 9.17) is 16.3 Å². The van der Waals surface area contributed by atoms with Crippen LogP contribution in [0.1, 0.15) is 62.4 Å². The van der Waals surface area contributed by atoms with Gasteiger partial charge in [-0.15, -0.1) is 0 Å². The fraction of sp³-hybridized carbons (Fsp3) is 0.500. The Kier molecular flexibility index (Phi) is 10.1. The largest absolute Gasteiger partial charge is 0.487 e. The van der Waals surface area contributed by atoms with Gasteiger partial charge in [0.25, 0.3) is 12.3 Å². The van der Waals surface area contributed by atoms with Crippen molar-refractivity contribution < 1.29 is 31.9 Å². The second kappa shape index (κ2) is 13.4. The number of imidazole rings is 1. The minimum Gasteiger partial charge on any atom is -0.487 e. The average molecular weight is 626 g/mol. The molecule has 2 amide bonds. The summed E-state index contributed by atoms with van der Waals surface area (Å²) >= 11 is 6.44. The third kappa shape index (κ3) is 8.10. The minimum absolute atomic E-state index is 0.0170. The molecule has 0 unspecified atom stereocenters. The molecule has 0 radical (unpaired) electrons. The van der Waals surface area contributed by atoms with Crippen molar-refractivity contribution in [3.05, 3.63) is 46.5 Å². The number of alkyl halides is 4. The Morgan fingerprint density at radius 3 is 2.42 bits per heavy atom. The summed E-state index contributed by atoms with van der Waals surface area (Å²) in [5, 5.41) is 9.31. The molecular weight excluding hydrogens is 590 g/mol. The lowest BCUT2D eigenvalue weighted by Crippen LogP contribution is -2.38. The molecule has 3 N–H and O–H groups in total. The van der Waals surface area contributed by atoms with Crippen LogP contribution < -0.4 is 20.7 Å². The van der Waals surface area contributed by atoms with E-state index in [9.17, 15) is 27.2 Å². The number of anilines is 2. The standard InChI is InChI=1S/C30H36ClF4N5O3/c1-30(2,3)28(42)36-14-16-5-10-20(31)21(11-16)38-29-39-22-12-19(24(43-15-25(32)33)13-23(22)40(29)4)27(41)37-18-8-6-17(7-9-18)26(34)35/h5,10-13,17-18,25-26H,6-9,14-15H2,1-4H3,(H,36,42)(H,37,41)(H,38,39). The number of rotatable bonds is 10. The van der Waals surface area contributed by atoms with Crippen LogP contribution in [0.2, 0.25) is 5.02 Å². The molecule has 1 aliphatic rings. The number of halogens is 5. The zero-order valence-electron chi connectivity index (χ0n) is 24.4. The number of carbonyl (C=O) groups excluding carboxylic acids is 2. The van der Waals surface area contributed by atoms with Crippen LogP contribution in [0.15, 0.2) is 30.3 Å². The van der Waals surface area contributed by atoms with Crippen molar-refractivity contribution in [1.82, 2.24) is 20.2 Å². The van der Waals surface area contributed by atoms with Gasteiger partial charge in [-0.1, -0.05) is 38.4 Å². The van der Waals surface area contributed by atoms with Crippen LogP contribution in [0.4, 0.5) is 29.2 Å². The highest BCUT2D eigenvalue weighted by Crippen LogP contribution is 2.33. The molecule has 0 bridgehead atoms. The van der Waals surface area contributed by atoms with Gasteiger partial charge in [-0.2, -0.15) is 0 Å². The maximum atomic E-state index is 13.2. The normalized spacial score (nSPS) is 17.4. The van der Waals surface area contributed by atoms with Crippen LogP contribution in [-0.2, 0) is 18.4 Å². The van der Waals surface area contributed by atoms with E-state index in [0.29, 0.717) is 53.4 Å². The summed E-state index contributed by atoms with van der Waals surface area (Å²) < 4.78 is 59.2. The van der Waals surface area contributed by atoms with Gasteiger partial charge < -0.3 is 25.3 Å². The van der Waals surface area contributed by atoms with Crippen LogP contribution in [0.5, 0.6) is 5.75 Å². The zero-order chi connectivity index (χ0) is 31.5. The average Bonchev–Trinajstić information content (AvgIpc) is 3.25. The first-order valence-corrected chi connectivity index (χ1v) is 14.4. The summed E-state index contributed by atoms with van der Waals surface area (Å²) in [4.78, 5) is 30.1. The second-order valence-electron chi connectivity index (χ2n) is 11.8. The summed E-state index contributed by atoms with van der Waals surface area (Å²) in [6, 6.07) is 7.88. The molecule has 0 saturated heterocycles. The SMILES string of the molecule is Cn1c(Nc2cc(CNC(=O)C(C)(C)C)ccc2Cl)nc2cc(C(=O)NC3CCC(C(F)F)CC3)c(OCC(F)F)cc21. The zero-order valence-corrected chi connectivity index (χ0v) is 25.2. The van der Waals surface area contributed by atoms with Gasteiger partial charge in [-0.3, -0.25) is 9.59 Å². The van der Waals surface area contributed by atoms with E-state index in [2.05, 4.69) is 20.9 Å². The van der Waals surface area contributed by atoms with Gasteiger partial charge in [0.2, 0.25) is 18.3 Å². The van der Waals surface area contributed by atoms with Gasteiger partial charge in [0.1, 0.15) is 12.4 Å². The van der Waals surface area contributed by atoms with Crippen LogP contribution in [0.25, 0.3) is 11.0 Å². The molecule has 1 heterocycles. The number of aryl methyl sites for hydroxylation is 1. The molecule has 0 aliphatic heterocycles. The summed E-state index contributed by atoms with van der Waals surface area (Å²) in [5.74, 6) is -1.03. The molecular formula is C30H36ClF4N5O3. The molecule has 234 valence electrons. The van der Waals surface area contributed by atoms with Crippen molar-refractivity contribution in [2.24, 2.45) is 18.4 Å². The maximum Gasteiger partial charge on any atom is 0.272 e. The van der Waals surface area contributed by atoms with Crippen LogP contribution in [0, 0.1) is 11.3 Å². The van der Waals surface area contributed by atoms with Crippen LogP contribution in [-0.4, -0.2) is 46.9 Å². The highest BCUT2D eigenvalue weighted by Gasteiger charge is 2.29. The number of nitrogens with zero attached hydrogens (tertiary/aromatic N) is 2. The van der Waals surface area contributed by atoms with Crippen molar-refractivity contribution in [3.63, 3.8) is 0 Å². The lowest BCUT2D eigenvalue weighted by atomic mass is 9.86. The fourth-order valence-electron chi connectivity index (χ4n) is 4.91. The van der Waals surface area contributed by atoms with E-state index in [1.54, 1.807) is 29.8 Å². The van der Waals surface area contributed by atoms with Gasteiger partial charge in [0.15, 0.2) is 0 Å². The predicted octanol–water partition coefficient (Wildman–Crippen LogP) is 6.83. The van der Waals surface area contributed by atoms with Crippen molar-refractivity contribution in [3.8, 4) is 5.75 Å². The van der Waals surface area contributed by atoms with E-state index in [-0.39, 0.29) is 29.8 Å². The lowest BCUT2D eigenvalue weighted by molar-refractivity contribution is -0.128. The Bertz CT molecular complexity index is 1470. The van der Waals surface area contributed by atoms with E-state index >= 15 is 0 Å². The van der Waals surface area contributed by atoms with Gasteiger partial charge >= 0.3 is 0 Å². The molecule has 1 aromatic heterocycles. The van der Waals surface area contributed by atoms with Crippen molar-refractivity contribution in [2.45, 2.75) is 71.9 Å². The molecule has 1 aliphatic carbocycles. The van der Waals surface area contributed by atoms with Gasteiger partial charge in [-0.05, 0) is 49.4 Å². The van der Waals surface area contributed by atoms with E-state index in [0.717, 1.165) is 5.56 Å². The molecule has 1 saturated carbocycles. The molecule has 43 heavy (non-hydrogen) atoms. The van der Waals surface area contributed by atoms with Crippen molar-refractivity contribution >= 4 is 46.1 Å². The maximum absolute atomic E-state index is 13.2. The second-order valence-corrected chi connectivity index (χ2v) is 12.2. The van der Waals surface area contributed by atoms with Crippen LogP contribution >= 0.6 is 11.6 Å². The molecule has 4 rings (SSSR count). The Labute approximate surface area is 252 Å². The number of hydrogen-bond donors (Lipinski definition) is 3. The van der Waals surface area contributed by atoms with E-state index in [1.165, 1.54) is 12.1 Å². The highest BCUT2D eigenvalue weighted by atomic mass is 35.5. The fourth-order valence-corrected chi connectivity index (χ4v) is 5.07. The quantitative estimate of drug-likeness (QED) is 0.215. The third-order valence-electron chi connectivity index (χ3n) is 7.47. The van der Waals surface area contributed by atoms with E-state index in [1.807, 2.05) is 20.8 Å². The first-order valence-electron chi connectivity index (χ1n) is 14.1. The number of amides is 2. The van der Waals surface area contributed by atoms with E-state index < -0.39 is 36.7 Å². The predicted molar refractivity (Wildman–Crippen MR) is 157 cm³/mol. The minimum atomic E-state index is -2.76. The topological polar surface area (TPSA) is 97.3 Å². The first-order chi connectivity index (χ1) is 20.2. The molecule has 0 spiro atoms.